The van der Waals surface area contributed by atoms with Crippen LogP contribution in [0.2, 0.25) is 0 Å². The van der Waals surface area contributed by atoms with Crippen molar-refractivity contribution >= 4 is 15.9 Å². The minimum atomic E-state index is 0.277. The second kappa shape index (κ2) is 5.97. The molecule has 112 valence electrons. The van der Waals surface area contributed by atoms with Crippen LogP contribution < -0.4 is 0 Å². The number of para-hydroxylation sites is 1. The number of benzene rings is 2. The summed E-state index contributed by atoms with van der Waals surface area (Å²) in [6.07, 6.45) is 0. The SMILES string of the molecule is CCn1nc(C)c(-c2ccccc2O)c1-c1ccc(Br)cc1. The molecule has 1 N–H and O–H groups in total. The van der Waals surface area contributed by atoms with Crippen LogP contribution in [0.1, 0.15) is 12.6 Å². The van der Waals surface area contributed by atoms with Crippen molar-refractivity contribution in [1.82, 2.24) is 9.78 Å². The molecule has 3 aromatic rings. The Kier molecular flexibility index (Phi) is 4.03. The maximum atomic E-state index is 10.2. The zero-order chi connectivity index (χ0) is 15.7. The molecule has 3 nitrogen and oxygen atoms in total. The van der Waals surface area contributed by atoms with Gasteiger partial charge in [0.2, 0.25) is 0 Å². The molecule has 0 saturated heterocycles. The van der Waals surface area contributed by atoms with Gasteiger partial charge in [-0.05, 0) is 32.0 Å². The number of halogens is 1. The van der Waals surface area contributed by atoms with E-state index in [-0.39, 0.29) is 5.75 Å². The lowest BCUT2D eigenvalue weighted by atomic mass is 9.98. The van der Waals surface area contributed by atoms with Gasteiger partial charge in [0.25, 0.3) is 0 Å². The van der Waals surface area contributed by atoms with E-state index in [9.17, 15) is 5.11 Å². The smallest absolute Gasteiger partial charge is 0.123 e. The fraction of sp³-hybridized carbons (Fsp3) is 0.167. The molecule has 0 fully saturated rings. The fourth-order valence-corrected chi connectivity index (χ4v) is 2.98. The normalized spacial score (nSPS) is 10.9. The standard InChI is InChI=1S/C18H17BrN2O/c1-3-21-18(13-8-10-14(19)11-9-13)17(12(2)20-21)15-6-4-5-7-16(15)22/h4-11,22H,3H2,1-2H3. The average Bonchev–Trinajstić information content (AvgIpc) is 2.85. The third-order valence-electron chi connectivity index (χ3n) is 3.72. The Morgan fingerprint density at radius 1 is 1.09 bits per heavy atom. The maximum absolute atomic E-state index is 10.2. The van der Waals surface area contributed by atoms with Gasteiger partial charge in [-0.25, -0.2) is 0 Å². The van der Waals surface area contributed by atoms with Crippen molar-refractivity contribution in [2.45, 2.75) is 20.4 Å². The predicted molar refractivity (Wildman–Crippen MR) is 92.9 cm³/mol. The summed E-state index contributed by atoms with van der Waals surface area (Å²) in [5.41, 5.74) is 4.85. The van der Waals surface area contributed by atoms with E-state index < -0.39 is 0 Å². The van der Waals surface area contributed by atoms with E-state index >= 15 is 0 Å². The summed E-state index contributed by atoms with van der Waals surface area (Å²) in [6.45, 7) is 4.83. The highest BCUT2D eigenvalue weighted by atomic mass is 79.9. The molecule has 0 amide bonds. The lowest BCUT2D eigenvalue weighted by Crippen LogP contribution is -1.99. The molecule has 0 spiro atoms. The monoisotopic (exact) mass is 356 g/mol. The molecule has 1 heterocycles. The first-order chi connectivity index (χ1) is 10.6. The molecule has 0 saturated carbocycles. The molecule has 0 aliphatic rings. The quantitative estimate of drug-likeness (QED) is 0.715. The molecule has 0 atom stereocenters. The number of hydrogen-bond donors (Lipinski definition) is 1. The summed E-state index contributed by atoms with van der Waals surface area (Å²) in [7, 11) is 0. The lowest BCUT2D eigenvalue weighted by Gasteiger charge is -2.10. The van der Waals surface area contributed by atoms with E-state index in [2.05, 4.69) is 40.1 Å². The highest BCUT2D eigenvalue weighted by Gasteiger charge is 2.19. The molecule has 0 aliphatic heterocycles. The van der Waals surface area contributed by atoms with E-state index in [0.29, 0.717) is 0 Å². The van der Waals surface area contributed by atoms with E-state index in [4.69, 9.17) is 0 Å². The first-order valence-corrected chi connectivity index (χ1v) is 8.02. The Balaban J connectivity index is 2.29. The van der Waals surface area contributed by atoms with Crippen molar-refractivity contribution in [3.63, 3.8) is 0 Å². The van der Waals surface area contributed by atoms with Gasteiger partial charge in [0.1, 0.15) is 5.75 Å². The Morgan fingerprint density at radius 3 is 2.41 bits per heavy atom. The Labute approximate surface area is 138 Å². The summed E-state index contributed by atoms with van der Waals surface area (Å²) in [5, 5.41) is 14.9. The van der Waals surface area contributed by atoms with Crippen LogP contribution in [-0.2, 0) is 6.54 Å². The van der Waals surface area contributed by atoms with Gasteiger partial charge >= 0.3 is 0 Å². The molecule has 22 heavy (non-hydrogen) atoms. The first-order valence-electron chi connectivity index (χ1n) is 7.23. The van der Waals surface area contributed by atoms with Crippen molar-refractivity contribution in [3.8, 4) is 28.1 Å². The van der Waals surface area contributed by atoms with E-state index in [1.54, 1.807) is 6.07 Å². The Hall–Kier alpha value is -2.07. The predicted octanol–water partition coefficient (Wildman–Crippen LogP) is 5.01. The van der Waals surface area contributed by atoms with Gasteiger partial charge in [-0.15, -0.1) is 0 Å². The van der Waals surface area contributed by atoms with Crippen LogP contribution in [0.25, 0.3) is 22.4 Å². The van der Waals surface area contributed by atoms with Gasteiger partial charge < -0.3 is 5.11 Å². The van der Waals surface area contributed by atoms with Gasteiger partial charge in [-0.2, -0.15) is 5.10 Å². The fourth-order valence-electron chi connectivity index (χ4n) is 2.72. The summed E-state index contributed by atoms with van der Waals surface area (Å²) >= 11 is 3.47. The number of phenols is 1. The molecular formula is C18H17BrN2O. The summed E-state index contributed by atoms with van der Waals surface area (Å²) in [4.78, 5) is 0. The first kappa shape index (κ1) is 14.9. The minimum Gasteiger partial charge on any atom is -0.507 e. The number of phenolic OH excluding ortho intramolecular Hbond substituents is 1. The average molecular weight is 357 g/mol. The van der Waals surface area contributed by atoms with E-state index in [0.717, 1.165) is 39.1 Å². The van der Waals surface area contributed by atoms with E-state index in [1.807, 2.05) is 41.9 Å². The Bertz CT molecular complexity index is 806. The zero-order valence-corrected chi connectivity index (χ0v) is 14.1. The summed E-state index contributed by atoms with van der Waals surface area (Å²) in [6, 6.07) is 15.6. The molecule has 3 rings (SSSR count). The molecule has 1 aromatic heterocycles. The van der Waals surface area contributed by atoms with Crippen LogP contribution in [0.3, 0.4) is 0 Å². The highest BCUT2D eigenvalue weighted by Crippen LogP contribution is 2.39. The van der Waals surface area contributed by atoms with Crippen molar-refractivity contribution in [2.75, 3.05) is 0 Å². The number of rotatable bonds is 3. The van der Waals surface area contributed by atoms with Gasteiger partial charge in [-0.3, -0.25) is 4.68 Å². The molecule has 0 bridgehead atoms. The summed E-state index contributed by atoms with van der Waals surface area (Å²) < 4.78 is 3.03. The van der Waals surface area contributed by atoms with Crippen LogP contribution >= 0.6 is 15.9 Å². The number of aromatic hydroxyl groups is 1. The number of hydrogen-bond acceptors (Lipinski definition) is 2. The van der Waals surface area contributed by atoms with Crippen molar-refractivity contribution < 1.29 is 5.11 Å². The maximum Gasteiger partial charge on any atom is 0.123 e. The van der Waals surface area contributed by atoms with Crippen LogP contribution in [0, 0.1) is 6.92 Å². The van der Waals surface area contributed by atoms with Gasteiger partial charge in [-0.1, -0.05) is 46.3 Å². The summed E-state index contributed by atoms with van der Waals surface area (Å²) in [5.74, 6) is 0.277. The van der Waals surface area contributed by atoms with Crippen LogP contribution in [0.15, 0.2) is 53.0 Å². The van der Waals surface area contributed by atoms with Crippen LogP contribution in [-0.4, -0.2) is 14.9 Å². The topological polar surface area (TPSA) is 38.0 Å². The lowest BCUT2D eigenvalue weighted by molar-refractivity contribution is 0.477. The second-order valence-electron chi connectivity index (χ2n) is 5.15. The van der Waals surface area contributed by atoms with Crippen molar-refractivity contribution in [2.24, 2.45) is 0 Å². The zero-order valence-electron chi connectivity index (χ0n) is 12.5. The largest absolute Gasteiger partial charge is 0.507 e. The molecule has 0 aliphatic carbocycles. The number of nitrogens with zero attached hydrogens (tertiary/aromatic N) is 2. The molecule has 4 heteroatoms. The van der Waals surface area contributed by atoms with E-state index in [1.165, 1.54) is 0 Å². The highest BCUT2D eigenvalue weighted by molar-refractivity contribution is 9.10. The van der Waals surface area contributed by atoms with Gasteiger partial charge in [0, 0.05) is 27.7 Å². The second-order valence-corrected chi connectivity index (χ2v) is 6.06. The third kappa shape index (κ3) is 2.55. The molecule has 0 radical (unpaired) electrons. The van der Waals surface area contributed by atoms with Crippen molar-refractivity contribution in [1.29, 1.82) is 0 Å². The number of aryl methyl sites for hydroxylation is 2. The van der Waals surface area contributed by atoms with Crippen molar-refractivity contribution in [3.05, 3.63) is 58.7 Å². The van der Waals surface area contributed by atoms with Crippen LogP contribution in [0.4, 0.5) is 0 Å². The minimum absolute atomic E-state index is 0.277. The number of aromatic nitrogens is 2. The Morgan fingerprint density at radius 2 is 1.77 bits per heavy atom. The van der Waals surface area contributed by atoms with Crippen LogP contribution in [0.5, 0.6) is 5.75 Å². The molecule has 2 aromatic carbocycles. The van der Waals surface area contributed by atoms with Gasteiger partial charge in [0.05, 0.1) is 11.4 Å². The molecule has 0 unspecified atom stereocenters. The molecular weight excluding hydrogens is 340 g/mol. The van der Waals surface area contributed by atoms with Gasteiger partial charge in [0.15, 0.2) is 0 Å². The third-order valence-corrected chi connectivity index (χ3v) is 4.25.